The molecular weight excluding hydrogens is 154 g/mol. The Balaban J connectivity index is 4.99. The van der Waals surface area contributed by atoms with Crippen molar-refractivity contribution in [1.82, 2.24) is 0 Å². The van der Waals surface area contributed by atoms with Crippen LogP contribution < -0.4 is 5.73 Å². The highest BCUT2D eigenvalue weighted by atomic mass is 16.4. The zero-order valence-corrected chi connectivity index (χ0v) is 8.14. The number of carboxylic acids is 1. The van der Waals surface area contributed by atoms with Gasteiger partial charge in [0.05, 0.1) is 5.57 Å². The average Bonchev–Trinajstić information content (AvgIpc) is 1.86. The van der Waals surface area contributed by atoms with Crippen LogP contribution in [0.3, 0.4) is 0 Å². The fourth-order valence-electron chi connectivity index (χ4n) is 0.910. The molecule has 0 amide bonds. The zero-order chi connectivity index (χ0) is 9.94. The molecule has 0 radical (unpaired) electrons. The van der Waals surface area contributed by atoms with Gasteiger partial charge in [0.2, 0.25) is 0 Å². The molecule has 3 N–H and O–H groups in total. The van der Waals surface area contributed by atoms with Crippen LogP contribution in [0.4, 0.5) is 0 Å². The summed E-state index contributed by atoms with van der Waals surface area (Å²) in [5.74, 6) is -0.912. The van der Waals surface area contributed by atoms with E-state index in [1.54, 1.807) is 6.92 Å². The van der Waals surface area contributed by atoms with E-state index in [1.807, 2.05) is 20.8 Å². The lowest BCUT2D eigenvalue weighted by Gasteiger charge is -2.21. The number of hydrogen-bond acceptors (Lipinski definition) is 2. The molecule has 0 unspecified atom stereocenters. The molecule has 0 aromatic heterocycles. The standard InChI is InChI=1S/C9H17NO2/c1-5-6(8(11)12)7(10)9(2,3)4/h5,10H2,1-4H3,(H,11,12). The highest BCUT2D eigenvalue weighted by Crippen LogP contribution is 2.24. The molecule has 0 aromatic rings. The molecule has 70 valence electrons. The number of carbonyl (C=O) groups is 1. The SMILES string of the molecule is CCC(C(=O)O)=C(N)C(C)(C)C. The normalized spacial score (nSPS) is 14.0. The predicted octanol–water partition coefficient (Wildman–Crippen LogP) is 1.74. The molecule has 0 aliphatic carbocycles. The quantitative estimate of drug-likeness (QED) is 0.622. The Bertz CT molecular complexity index is 211. The van der Waals surface area contributed by atoms with E-state index < -0.39 is 5.97 Å². The summed E-state index contributed by atoms with van der Waals surface area (Å²) in [7, 11) is 0. The lowest BCUT2D eigenvalue weighted by Crippen LogP contribution is -2.22. The van der Waals surface area contributed by atoms with Gasteiger partial charge in [-0.1, -0.05) is 27.7 Å². The molecule has 0 saturated heterocycles. The van der Waals surface area contributed by atoms with Crippen LogP contribution in [0.5, 0.6) is 0 Å². The van der Waals surface area contributed by atoms with E-state index in [-0.39, 0.29) is 5.41 Å². The first-order chi connectivity index (χ1) is 5.30. The largest absolute Gasteiger partial charge is 0.478 e. The molecule has 0 fully saturated rings. The summed E-state index contributed by atoms with van der Waals surface area (Å²) in [5, 5.41) is 8.77. The van der Waals surface area contributed by atoms with Crippen LogP contribution in [-0.4, -0.2) is 11.1 Å². The second-order valence-corrected chi connectivity index (χ2v) is 3.80. The van der Waals surface area contributed by atoms with Crippen molar-refractivity contribution in [3.8, 4) is 0 Å². The van der Waals surface area contributed by atoms with Gasteiger partial charge in [0.25, 0.3) is 0 Å². The molecule has 0 spiro atoms. The van der Waals surface area contributed by atoms with Crippen LogP contribution in [0.1, 0.15) is 34.1 Å². The smallest absolute Gasteiger partial charge is 0.333 e. The van der Waals surface area contributed by atoms with E-state index in [1.165, 1.54) is 0 Å². The molecule has 0 aliphatic rings. The first-order valence-corrected chi connectivity index (χ1v) is 4.03. The minimum Gasteiger partial charge on any atom is -0.478 e. The topological polar surface area (TPSA) is 63.3 Å². The highest BCUT2D eigenvalue weighted by molar-refractivity contribution is 5.87. The van der Waals surface area contributed by atoms with E-state index in [2.05, 4.69) is 0 Å². The first kappa shape index (κ1) is 11.0. The van der Waals surface area contributed by atoms with Gasteiger partial charge in [-0.05, 0) is 6.42 Å². The van der Waals surface area contributed by atoms with Crippen molar-refractivity contribution in [3.05, 3.63) is 11.3 Å². The van der Waals surface area contributed by atoms with Gasteiger partial charge in [0.1, 0.15) is 0 Å². The van der Waals surface area contributed by atoms with Gasteiger partial charge < -0.3 is 10.8 Å². The van der Waals surface area contributed by atoms with Crippen molar-refractivity contribution < 1.29 is 9.90 Å². The van der Waals surface area contributed by atoms with Crippen molar-refractivity contribution in [3.63, 3.8) is 0 Å². The van der Waals surface area contributed by atoms with Crippen LogP contribution in [0.25, 0.3) is 0 Å². The van der Waals surface area contributed by atoms with Crippen LogP contribution >= 0.6 is 0 Å². The molecule has 12 heavy (non-hydrogen) atoms. The summed E-state index contributed by atoms with van der Waals surface area (Å²) in [6, 6.07) is 0. The molecule has 0 saturated carbocycles. The van der Waals surface area contributed by atoms with Crippen LogP contribution in [0, 0.1) is 5.41 Å². The Morgan fingerprint density at radius 1 is 1.42 bits per heavy atom. The molecular formula is C9H17NO2. The number of hydrogen-bond donors (Lipinski definition) is 2. The summed E-state index contributed by atoms with van der Waals surface area (Å²) in [6.45, 7) is 7.50. The number of carboxylic acid groups (broad SMARTS) is 1. The predicted molar refractivity (Wildman–Crippen MR) is 48.6 cm³/mol. The fourth-order valence-corrected chi connectivity index (χ4v) is 0.910. The maximum Gasteiger partial charge on any atom is 0.333 e. The Morgan fingerprint density at radius 2 is 1.83 bits per heavy atom. The zero-order valence-electron chi connectivity index (χ0n) is 8.14. The van der Waals surface area contributed by atoms with Crippen molar-refractivity contribution in [1.29, 1.82) is 0 Å². The summed E-state index contributed by atoms with van der Waals surface area (Å²) >= 11 is 0. The lowest BCUT2D eigenvalue weighted by molar-refractivity contribution is -0.132. The van der Waals surface area contributed by atoms with Crippen molar-refractivity contribution in [2.45, 2.75) is 34.1 Å². The Hall–Kier alpha value is -0.990. The third kappa shape index (κ3) is 2.57. The molecule has 0 heterocycles. The van der Waals surface area contributed by atoms with Crippen LogP contribution in [0.2, 0.25) is 0 Å². The maximum absolute atomic E-state index is 10.7. The first-order valence-electron chi connectivity index (χ1n) is 4.03. The van der Waals surface area contributed by atoms with Gasteiger partial charge in [-0.2, -0.15) is 0 Å². The van der Waals surface area contributed by atoms with E-state index >= 15 is 0 Å². The summed E-state index contributed by atoms with van der Waals surface area (Å²) in [6.07, 6.45) is 0.471. The maximum atomic E-state index is 10.7. The third-order valence-electron chi connectivity index (χ3n) is 1.74. The van der Waals surface area contributed by atoms with E-state index in [9.17, 15) is 4.79 Å². The lowest BCUT2D eigenvalue weighted by atomic mass is 9.88. The second kappa shape index (κ2) is 3.61. The van der Waals surface area contributed by atoms with Gasteiger partial charge >= 0.3 is 5.97 Å². The number of allylic oxidation sites excluding steroid dienone is 1. The van der Waals surface area contributed by atoms with Gasteiger partial charge in [-0.3, -0.25) is 0 Å². The Morgan fingerprint density at radius 3 is 1.92 bits per heavy atom. The highest BCUT2D eigenvalue weighted by Gasteiger charge is 2.20. The monoisotopic (exact) mass is 171 g/mol. The fraction of sp³-hybridized carbons (Fsp3) is 0.667. The van der Waals surface area contributed by atoms with E-state index in [0.29, 0.717) is 17.7 Å². The minimum atomic E-state index is -0.912. The molecule has 0 aromatic carbocycles. The molecule has 0 atom stereocenters. The molecule has 0 aliphatic heterocycles. The number of rotatable bonds is 2. The molecule has 0 rings (SSSR count). The average molecular weight is 171 g/mol. The molecule has 3 heteroatoms. The number of aliphatic carboxylic acids is 1. The minimum absolute atomic E-state index is 0.260. The summed E-state index contributed by atoms with van der Waals surface area (Å²) in [5.41, 5.74) is 6.24. The van der Waals surface area contributed by atoms with E-state index in [0.717, 1.165) is 0 Å². The van der Waals surface area contributed by atoms with Gasteiger partial charge in [-0.15, -0.1) is 0 Å². The Labute approximate surface area is 73.3 Å². The second-order valence-electron chi connectivity index (χ2n) is 3.80. The Kier molecular flexibility index (Phi) is 3.31. The van der Waals surface area contributed by atoms with Crippen molar-refractivity contribution in [2.75, 3.05) is 0 Å². The van der Waals surface area contributed by atoms with Crippen molar-refractivity contribution in [2.24, 2.45) is 11.1 Å². The third-order valence-corrected chi connectivity index (χ3v) is 1.74. The van der Waals surface area contributed by atoms with Gasteiger partial charge in [-0.25, -0.2) is 4.79 Å². The van der Waals surface area contributed by atoms with E-state index in [4.69, 9.17) is 10.8 Å². The number of nitrogens with two attached hydrogens (primary N) is 1. The van der Waals surface area contributed by atoms with Crippen LogP contribution in [0.15, 0.2) is 11.3 Å². The molecule has 0 bridgehead atoms. The van der Waals surface area contributed by atoms with Crippen LogP contribution in [-0.2, 0) is 4.79 Å². The van der Waals surface area contributed by atoms with Gasteiger partial charge in [0.15, 0.2) is 0 Å². The summed E-state index contributed by atoms with van der Waals surface area (Å²) < 4.78 is 0. The summed E-state index contributed by atoms with van der Waals surface area (Å²) in [4.78, 5) is 10.7. The molecule has 3 nitrogen and oxygen atoms in total. The van der Waals surface area contributed by atoms with Gasteiger partial charge in [0, 0.05) is 11.1 Å². The van der Waals surface area contributed by atoms with Crippen molar-refractivity contribution >= 4 is 5.97 Å².